The Bertz CT molecular complexity index is 633. The number of likely N-dealkylation sites (tertiary alicyclic amines) is 1. The largest absolute Gasteiger partial charge is 0.490 e. The van der Waals surface area contributed by atoms with Crippen LogP contribution in [0.3, 0.4) is 0 Å². The highest BCUT2D eigenvalue weighted by Crippen LogP contribution is 2.19. The molecule has 0 atom stereocenters. The van der Waals surface area contributed by atoms with Gasteiger partial charge in [-0.25, -0.2) is 4.79 Å². The van der Waals surface area contributed by atoms with Crippen molar-refractivity contribution >= 4 is 17.4 Å². The number of carbonyl (C=O) groups excluding carboxylic acids is 1. The Hall–Kier alpha value is -2.01. The van der Waals surface area contributed by atoms with Crippen LogP contribution in [0.15, 0.2) is 42.5 Å². The molecule has 0 aliphatic carbocycles. The molecule has 0 radical (unpaired) electrons. The van der Waals surface area contributed by atoms with Crippen molar-refractivity contribution in [3.8, 4) is 5.75 Å². The van der Waals surface area contributed by atoms with Crippen LogP contribution in [0, 0.1) is 6.92 Å². The van der Waals surface area contributed by atoms with E-state index in [1.54, 1.807) is 11.3 Å². The first kappa shape index (κ1) is 15.9. The molecule has 1 saturated heterocycles. The van der Waals surface area contributed by atoms with Crippen LogP contribution in [0.25, 0.3) is 0 Å². The monoisotopic (exact) mass is 330 g/mol. The van der Waals surface area contributed by atoms with Crippen molar-refractivity contribution in [2.24, 2.45) is 0 Å². The number of amides is 2. The van der Waals surface area contributed by atoms with Crippen LogP contribution in [0.5, 0.6) is 5.75 Å². The molecule has 1 fully saturated rings. The maximum Gasteiger partial charge on any atom is 0.317 e. The highest BCUT2D eigenvalue weighted by Gasteiger charge is 2.23. The highest BCUT2D eigenvalue weighted by molar-refractivity contribution is 7.11. The lowest BCUT2D eigenvalue weighted by molar-refractivity contribution is 0.111. The zero-order valence-electron chi connectivity index (χ0n) is 13.3. The number of carbonyl (C=O) groups is 1. The van der Waals surface area contributed by atoms with Crippen molar-refractivity contribution in [1.82, 2.24) is 10.2 Å². The van der Waals surface area contributed by atoms with Gasteiger partial charge in [-0.05, 0) is 31.2 Å². The van der Waals surface area contributed by atoms with Gasteiger partial charge in [0.2, 0.25) is 0 Å². The number of benzene rings is 1. The summed E-state index contributed by atoms with van der Waals surface area (Å²) in [6.45, 7) is 4.17. The number of aryl methyl sites for hydroxylation is 1. The molecule has 1 aliphatic rings. The van der Waals surface area contributed by atoms with E-state index >= 15 is 0 Å². The number of para-hydroxylation sites is 1. The number of hydrogen-bond donors (Lipinski definition) is 1. The third-order valence-corrected chi connectivity index (χ3v) is 4.99. The van der Waals surface area contributed by atoms with Gasteiger partial charge in [-0.1, -0.05) is 18.2 Å². The Morgan fingerprint density at radius 2 is 1.96 bits per heavy atom. The lowest BCUT2D eigenvalue weighted by atomic mass is 10.1. The fourth-order valence-electron chi connectivity index (χ4n) is 2.72. The predicted octanol–water partition coefficient (Wildman–Crippen LogP) is 3.81. The quantitative estimate of drug-likeness (QED) is 0.926. The number of thiophene rings is 1. The summed E-state index contributed by atoms with van der Waals surface area (Å²) in [7, 11) is 0. The van der Waals surface area contributed by atoms with E-state index < -0.39 is 0 Å². The van der Waals surface area contributed by atoms with E-state index in [0.29, 0.717) is 6.54 Å². The molecule has 2 heterocycles. The Balaban J connectivity index is 1.42. The molecule has 1 N–H and O–H groups in total. The van der Waals surface area contributed by atoms with Gasteiger partial charge in [-0.15, -0.1) is 11.3 Å². The molecule has 5 heteroatoms. The van der Waals surface area contributed by atoms with Crippen molar-refractivity contribution < 1.29 is 9.53 Å². The molecular formula is C18H22N2O2S. The summed E-state index contributed by atoms with van der Waals surface area (Å²) in [6.07, 6.45) is 1.95. The molecule has 0 bridgehead atoms. The van der Waals surface area contributed by atoms with Crippen LogP contribution in [0.2, 0.25) is 0 Å². The molecule has 1 aromatic carbocycles. The number of piperidine rings is 1. The fraction of sp³-hybridized carbons (Fsp3) is 0.389. The van der Waals surface area contributed by atoms with Crippen molar-refractivity contribution in [2.45, 2.75) is 32.4 Å². The number of urea groups is 1. The highest BCUT2D eigenvalue weighted by atomic mass is 32.1. The summed E-state index contributed by atoms with van der Waals surface area (Å²) in [4.78, 5) is 16.6. The maximum atomic E-state index is 12.2. The average Bonchev–Trinajstić information content (AvgIpc) is 3.00. The minimum Gasteiger partial charge on any atom is -0.490 e. The van der Waals surface area contributed by atoms with E-state index in [2.05, 4.69) is 24.4 Å². The predicted molar refractivity (Wildman–Crippen MR) is 93.0 cm³/mol. The molecule has 23 heavy (non-hydrogen) atoms. The third kappa shape index (κ3) is 4.48. The van der Waals surface area contributed by atoms with Gasteiger partial charge in [0, 0.05) is 35.7 Å². The SMILES string of the molecule is Cc1ccc(CNC(=O)N2CCC(Oc3ccccc3)CC2)s1. The van der Waals surface area contributed by atoms with E-state index in [9.17, 15) is 4.79 Å². The molecule has 3 rings (SSSR count). The van der Waals surface area contributed by atoms with E-state index in [0.717, 1.165) is 31.7 Å². The van der Waals surface area contributed by atoms with E-state index in [1.807, 2.05) is 35.2 Å². The van der Waals surface area contributed by atoms with Gasteiger partial charge in [-0.2, -0.15) is 0 Å². The Morgan fingerprint density at radius 1 is 1.22 bits per heavy atom. The molecule has 4 nitrogen and oxygen atoms in total. The summed E-state index contributed by atoms with van der Waals surface area (Å²) in [6, 6.07) is 14.1. The number of nitrogens with zero attached hydrogens (tertiary/aromatic N) is 1. The fourth-order valence-corrected chi connectivity index (χ4v) is 3.55. The maximum absolute atomic E-state index is 12.2. The topological polar surface area (TPSA) is 41.6 Å². The smallest absolute Gasteiger partial charge is 0.317 e. The summed E-state index contributed by atoms with van der Waals surface area (Å²) >= 11 is 1.72. The van der Waals surface area contributed by atoms with Gasteiger partial charge in [0.05, 0.1) is 6.54 Å². The van der Waals surface area contributed by atoms with Gasteiger partial charge in [0.1, 0.15) is 11.9 Å². The van der Waals surface area contributed by atoms with Crippen molar-refractivity contribution in [3.05, 3.63) is 52.2 Å². The normalized spacial score (nSPS) is 15.4. The van der Waals surface area contributed by atoms with E-state index in [4.69, 9.17) is 4.74 Å². The Morgan fingerprint density at radius 3 is 2.61 bits per heavy atom. The van der Waals surface area contributed by atoms with Crippen LogP contribution < -0.4 is 10.1 Å². The minimum atomic E-state index is 0.0224. The van der Waals surface area contributed by atoms with Crippen LogP contribution in [0.1, 0.15) is 22.6 Å². The summed E-state index contributed by atoms with van der Waals surface area (Å²) < 4.78 is 5.96. The van der Waals surface area contributed by atoms with E-state index in [1.165, 1.54) is 9.75 Å². The Labute approximate surface area is 141 Å². The molecule has 1 aliphatic heterocycles. The second kappa shape index (κ2) is 7.51. The third-order valence-electron chi connectivity index (χ3n) is 3.99. The first-order valence-electron chi connectivity index (χ1n) is 8.00. The van der Waals surface area contributed by atoms with Crippen molar-refractivity contribution in [2.75, 3.05) is 13.1 Å². The van der Waals surface area contributed by atoms with Gasteiger partial charge in [-0.3, -0.25) is 0 Å². The van der Waals surface area contributed by atoms with Crippen molar-refractivity contribution in [3.63, 3.8) is 0 Å². The lowest BCUT2D eigenvalue weighted by Gasteiger charge is -2.32. The second-order valence-corrected chi connectivity index (χ2v) is 7.16. The van der Waals surface area contributed by atoms with Crippen molar-refractivity contribution in [1.29, 1.82) is 0 Å². The van der Waals surface area contributed by atoms with Gasteiger partial charge in [0.25, 0.3) is 0 Å². The summed E-state index contributed by atoms with van der Waals surface area (Å²) in [5.74, 6) is 0.906. The van der Waals surface area contributed by atoms with Gasteiger partial charge >= 0.3 is 6.03 Å². The van der Waals surface area contributed by atoms with Crippen LogP contribution >= 0.6 is 11.3 Å². The molecule has 0 saturated carbocycles. The number of hydrogen-bond acceptors (Lipinski definition) is 3. The summed E-state index contributed by atoms with van der Waals surface area (Å²) in [5, 5.41) is 3.00. The van der Waals surface area contributed by atoms with Gasteiger partial charge in [0.15, 0.2) is 0 Å². The average molecular weight is 330 g/mol. The number of nitrogens with one attached hydrogen (secondary N) is 1. The summed E-state index contributed by atoms with van der Waals surface area (Å²) in [5.41, 5.74) is 0. The zero-order valence-corrected chi connectivity index (χ0v) is 14.1. The molecule has 0 spiro atoms. The second-order valence-electron chi connectivity index (χ2n) is 5.79. The Kier molecular flexibility index (Phi) is 5.18. The number of ether oxygens (including phenoxy) is 1. The van der Waals surface area contributed by atoms with Crippen LogP contribution in [0.4, 0.5) is 4.79 Å². The molecular weight excluding hydrogens is 308 g/mol. The molecule has 2 amide bonds. The van der Waals surface area contributed by atoms with Gasteiger partial charge < -0.3 is 15.0 Å². The lowest BCUT2D eigenvalue weighted by Crippen LogP contribution is -2.46. The zero-order chi connectivity index (χ0) is 16.1. The van der Waals surface area contributed by atoms with Crippen LogP contribution in [-0.2, 0) is 6.54 Å². The molecule has 0 unspecified atom stereocenters. The number of rotatable bonds is 4. The first-order valence-corrected chi connectivity index (χ1v) is 8.82. The molecule has 2 aromatic rings. The van der Waals surface area contributed by atoms with E-state index in [-0.39, 0.29) is 12.1 Å². The first-order chi connectivity index (χ1) is 11.2. The minimum absolute atomic E-state index is 0.0224. The van der Waals surface area contributed by atoms with Crippen LogP contribution in [-0.4, -0.2) is 30.1 Å². The standard InChI is InChI=1S/C18H22N2O2S/c1-14-7-8-17(23-14)13-19-18(21)20-11-9-16(10-12-20)22-15-5-3-2-4-6-15/h2-8,16H,9-13H2,1H3,(H,19,21). The molecule has 1 aromatic heterocycles. The molecule has 122 valence electrons.